The molecule has 5 heteroatoms. The van der Waals surface area contributed by atoms with Crippen LogP contribution in [-0.2, 0) is 4.74 Å². The summed E-state index contributed by atoms with van der Waals surface area (Å²) in [6.07, 6.45) is 2.97. The van der Waals surface area contributed by atoms with Crippen LogP contribution in [0.5, 0.6) is 0 Å². The molecule has 1 aromatic carbocycles. The van der Waals surface area contributed by atoms with E-state index in [0.29, 0.717) is 11.0 Å². The summed E-state index contributed by atoms with van der Waals surface area (Å²) in [7, 11) is 1.69. The molecular formula is C14H15BrN2O2. The van der Waals surface area contributed by atoms with Crippen molar-refractivity contribution in [3.05, 3.63) is 36.0 Å². The first-order chi connectivity index (χ1) is 9.24. The van der Waals surface area contributed by atoms with E-state index in [-0.39, 0.29) is 18.1 Å². The molecule has 0 spiro atoms. The number of aromatic amines is 1. The number of benzene rings is 1. The highest BCUT2D eigenvalue weighted by molar-refractivity contribution is 9.09. The molecule has 2 aromatic rings. The summed E-state index contributed by atoms with van der Waals surface area (Å²) >= 11 is 3.40. The van der Waals surface area contributed by atoms with Gasteiger partial charge in [-0.05, 0) is 30.7 Å². The van der Waals surface area contributed by atoms with Crippen LogP contribution >= 0.6 is 15.9 Å². The molecular weight excluding hydrogens is 308 g/mol. The minimum atomic E-state index is 0.0459. The molecule has 2 unspecified atom stereocenters. The van der Waals surface area contributed by atoms with Gasteiger partial charge in [0.15, 0.2) is 0 Å². The molecule has 1 fully saturated rings. The van der Waals surface area contributed by atoms with Crippen LogP contribution in [0, 0.1) is 0 Å². The fourth-order valence-electron chi connectivity index (χ4n) is 2.39. The molecule has 100 valence electrons. The van der Waals surface area contributed by atoms with Gasteiger partial charge in [0, 0.05) is 29.8 Å². The molecule has 3 rings (SSSR count). The van der Waals surface area contributed by atoms with E-state index in [4.69, 9.17) is 4.74 Å². The Hall–Kier alpha value is -1.33. The lowest BCUT2D eigenvalue weighted by molar-refractivity contribution is 0.0728. The van der Waals surface area contributed by atoms with Crippen LogP contribution in [0.1, 0.15) is 16.8 Å². The van der Waals surface area contributed by atoms with Crippen molar-refractivity contribution >= 4 is 32.7 Å². The smallest absolute Gasteiger partial charge is 0.254 e. The molecule has 1 aliphatic rings. The van der Waals surface area contributed by atoms with Crippen LogP contribution in [0.25, 0.3) is 10.9 Å². The van der Waals surface area contributed by atoms with Crippen LogP contribution in [0.15, 0.2) is 30.5 Å². The SMILES string of the molecule is COC1CC1N(CBr)C(=O)c1ccc2[nH]ccc2c1. The van der Waals surface area contributed by atoms with Gasteiger partial charge in [-0.2, -0.15) is 0 Å². The molecule has 19 heavy (non-hydrogen) atoms. The van der Waals surface area contributed by atoms with E-state index in [1.165, 1.54) is 0 Å². The Morgan fingerprint density at radius 3 is 3.05 bits per heavy atom. The van der Waals surface area contributed by atoms with E-state index in [1.54, 1.807) is 7.11 Å². The highest BCUT2D eigenvalue weighted by atomic mass is 79.9. The van der Waals surface area contributed by atoms with E-state index in [9.17, 15) is 4.79 Å². The number of hydrogen-bond acceptors (Lipinski definition) is 2. The van der Waals surface area contributed by atoms with Crippen molar-refractivity contribution in [2.45, 2.75) is 18.6 Å². The Labute approximate surface area is 119 Å². The second-order valence-electron chi connectivity index (χ2n) is 4.75. The summed E-state index contributed by atoms with van der Waals surface area (Å²) in [5.41, 5.74) is 2.29. The summed E-state index contributed by atoms with van der Waals surface area (Å²) in [6, 6.07) is 7.89. The van der Waals surface area contributed by atoms with Gasteiger partial charge in [0.1, 0.15) is 0 Å². The third-order valence-electron chi connectivity index (χ3n) is 3.59. The Morgan fingerprint density at radius 2 is 2.37 bits per heavy atom. The second-order valence-corrected chi connectivity index (χ2v) is 5.25. The minimum Gasteiger partial charge on any atom is -0.379 e. The van der Waals surface area contributed by atoms with Crippen LogP contribution in [0.3, 0.4) is 0 Å². The van der Waals surface area contributed by atoms with Crippen molar-refractivity contribution in [2.24, 2.45) is 0 Å². The topological polar surface area (TPSA) is 45.3 Å². The summed E-state index contributed by atoms with van der Waals surface area (Å²) in [4.78, 5) is 17.5. The molecule has 1 aliphatic carbocycles. The fraction of sp³-hybridized carbons (Fsp3) is 0.357. The number of H-pyrrole nitrogens is 1. The number of alkyl halides is 1. The number of fused-ring (bicyclic) bond motifs is 1. The maximum absolute atomic E-state index is 12.5. The highest BCUT2D eigenvalue weighted by Gasteiger charge is 2.44. The number of nitrogens with zero attached hydrogens (tertiary/aromatic N) is 1. The molecule has 1 saturated carbocycles. The first-order valence-electron chi connectivity index (χ1n) is 6.21. The normalized spacial score (nSPS) is 21.6. The molecule has 1 amide bonds. The van der Waals surface area contributed by atoms with E-state index in [2.05, 4.69) is 20.9 Å². The van der Waals surface area contributed by atoms with Gasteiger partial charge in [-0.15, -0.1) is 0 Å². The maximum atomic E-state index is 12.5. The minimum absolute atomic E-state index is 0.0459. The van der Waals surface area contributed by atoms with E-state index < -0.39 is 0 Å². The number of carbonyl (C=O) groups excluding carboxylic acids is 1. The summed E-state index contributed by atoms with van der Waals surface area (Å²) in [5.74, 6) is 0.0459. The van der Waals surface area contributed by atoms with Crippen LogP contribution in [-0.4, -0.2) is 40.5 Å². The molecule has 4 nitrogen and oxygen atoms in total. The van der Waals surface area contributed by atoms with Gasteiger partial charge in [-0.25, -0.2) is 0 Å². The molecule has 0 radical (unpaired) electrons. The Kier molecular flexibility index (Phi) is 3.33. The number of ether oxygens (including phenoxy) is 1. The lowest BCUT2D eigenvalue weighted by Gasteiger charge is -2.20. The highest BCUT2D eigenvalue weighted by Crippen LogP contribution is 2.32. The summed E-state index contributed by atoms with van der Waals surface area (Å²) < 4.78 is 5.28. The summed E-state index contributed by atoms with van der Waals surface area (Å²) in [5, 5.41) is 1.06. The van der Waals surface area contributed by atoms with Crippen molar-refractivity contribution in [1.29, 1.82) is 0 Å². The number of carbonyl (C=O) groups is 1. The van der Waals surface area contributed by atoms with Crippen molar-refractivity contribution in [2.75, 3.05) is 12.6 Å². The molecule has 1 heterocycles. The summed E-state index contributed by atoms with van der Waals surface area (Å²) in [6.45, 7) is 0. The van der Waals surface area contributed by atoms with Crippen molar-refractivity contribution in [1.82, 2.24) is 9.88 Å². The molecule has 0 saturated heterocycles. The van der Waals surface area contributed by atoms with Gasteiger partial charge in [-0.1, -0.05) is 15.9 Å². The van der Waals surface area contributed by atoms with E-state index >= 15 is 0 Å². The van der Waals surface area contributed by atoms with Gasteiger partial charge < -0.3 is 14.6 Å². The predicted molar refractivity (Wildman–Crippen MR) is 77.5 cm³/mol. The molecule has 0 bridgehead atoms. The molecule has 0 aliphatic heterocycles. The van der Waals surface area contributed by atoms with E-state index in [0.717, 1.165) is 17.3 Å². The number of rotatable bonds is 4. The Morgan fingerprint density at radius 1 is 1.53 bits per heavy atom. The number of amides is 1. The Balaban J connectivity index is 1.85. The maximum Gasteiger partial charge on any atom is 0.254 e. The quantitative estimate of drug-likeness (QED) is 0.695. The number of nitrogens with one attached hydrogen (secondary N) is 1. The molecule has 1 N–H and O–H groups in total. The number of halogens is 1. The zero-order chi connectivity index (χ0) is 13.4. The monoisotopic (exact) mass is 322 g/mol. The fourth-order valence-corrected chi connectivity index (χ4v) is 2.99. The zero-order valence-electron chi connectivity index (χ0n) is 10.6. The Bertz CT molecular complexity index is 610. The van der Waals surface area contributed by atoms with Crippen molar-refractivity contribution in [3.8, 4) is 0 Å². The first-order valence-corrected chi connectivity index (χ1v) is 7.33. The van der Waals surface area contributed by atoms with Gasteiger partial charge in [0.25, 0.3) is 5.91 Å². The van der Waals surface area contributed by atoms with Gasteiger partial charge in [0.2, 0.25) is 0 Å². The lowest BCUT2D eigenvalue weighted by Crippen LogP contribution is -2.33. The van der Waals surface area contributed by atoms with Gasteiger partial charge >= 0.3 is 0 Å². The lowest BCUT2D eigenvalue weighted by atomic mass is 10.1. The standard InChI is InChI=1S/C14H15BrN2O2/c1-19-13-7-12(13)17(8-15)14(18)10-2-3-11-9(6-10)4-5-16-11/h2-6,12-13,16H,7-8H2,1H3. The second kappa shape index (κ2) is 4.98. The van der Waals surface area contributed by atoms with Crippen LogP contribution in [0.2, 0.25) is 0 Å². The van der Waals surface area contributed by atoms with Crippen molar-refractivity contribution in [3.63, 3.8) is 0 Å². The number of methoxy groups -OCH3 is 1. The molecule has 1 aromatic heterocycles. The zero-order valence-corrected chi connectivity index (χ0v) is 12.2. The number of hydrogen-bond donors (Lipinski definition) is 1. The van der Waals surface area contributed by atoms with Crippen LogP contribution in [0.4, 0.5) is 0 Å². The van der Waals surface area contributed by atoms with Crippen molar-refractivity contribution < 1.29 is 9.53 Å². The predicted octanol–water partition coefficient (Wildman–Crippen LogP) is 2.75. The van der Waals surface area contributed by atoms with Gasteiger partial charge in [0.05, 0.1) is 17.6 Å². The van der Waals surface area contributed by atoms with Crippen LogP contribution < -0.4 is 0 Å². The van der Waals surface area contributed by atoms with Gasteiger partial charge in [-0.3, -0.25) is 4.79 Å². The third kappa shape index (κ3) is 2.28. The average Bonchev–Trinajstić information content (AvgIpc) is 3.05. The average molecular weight is 323 g/mol. The van der Waals surface area contributed by atoms with E-state index in [1.807, 2.05) is 35.4 Å². The molecule has 2 atom stereocenters. The largest absolute Gasteiger partial charge is 0.379 e. The first kappa shape index (κ1) is 12.7. The number of aromatic nitrogens is 1. The third-order valence-corrected chi connectivity index (χ3v) is 4.13.